The third-order valence-electron chi connectivity index (χ3n) is 1.27. The predicted octanol–water partition coefficient (Wildman–Crippen LogP) is 0.805. The molecule has 0 bridgehead atoms. The third kappa shape index (κ3) is 1.45. The van der Waals surface area contributed by atoms with Crippen LogP contribution in [0.4, 0.5) is 0 Å². The highest BCUT2D eigenvalue weighted by Crippen LogP contribution is 2.05. The minimum absolute atomic E-state index is 0.0620. The number of hydrogen-bond donors (Lipinski definition) is 2. The van der Waals surface area contributed by atoms with Crippen molar-refractivity contribution < 1.29 is 5.11 Å². The summed E-state index contributed by atoms with van der Waals surface area (Å²) in [5.74, 6) is 0.814. The largest absolute Gasteiger partial charge is 0.392 e. The van der Waals surface area contributed by atoms with Crippen molar-refractivity contribution in [3.05, 3.63) is 24.3 Å². The van der Waals surface area contributed by atoms with Crippen molar-refractivity contribution in [2.45, 2.75) is 6.92 Å². The van der Waals surface area contributed by atoms with Crippen molar-refractivity contribution in [2.24, 2.45) is 0 Å². The zero-order valence-corrected chi connectivity index (χ0v) is 5.83. The zero-order valence-electron chi connectivity index (χ0n) is 5.83. The summed E-state index contributed by atoms with van der Waals surface area (Å²) < 4.78 is 0. The monoisotopic (exact) mass is 138 g/mol. The molecule has 10 heavy (non-hydrogen) atoms. The Balaban J connectivity index is 2.77. The summed E-state index contributed by atoms with van der Waals surface area (Å²) in [6.45, 7) is 1.96. The average molecular weight is 138 g/mol. The van der Waals surface area contributed by atoms with Gasteiger partial charge in [0.25, 0.3) is 0 Å². The number of aliphatic hydroxyl groups excluding tert-OH is 1. The van der Waals surface area contributed by atoms with Crippen LogP contribution in [-0.4, -0.2) is 21.7 Å². The maximum absolute atomic E-state index is 8.52. The molecule has 0 aromatic carbocycles. The Morgan fingerprint density at radius 3 is 3.20 bits per heavy atom. The molecule has 0 aliphatic rings. The van der Waals surface area contributed by atoms with E-state index in [9.17, 15) is 0 Å². The van der Waals surface area contributed by atoms with E-state index in [1.807, 2.05) is 6.92 Å². The molecule has 1 heterocycles. The summed E-state index contributed by atoms with van der Waals surface area (Å²) in [4.78, 5) is 6.93. The fraction of sp³-hybridized carbons (Fsp3) is 0.286. The molecule has 0 unspecified atom stereocenters. The summed E-state index contributed by atoms with van der Waals surface area (Å²) in [6, 6.07) is 0. The molecule has 0 fully saturated rings. The van der Waals surface area contributed by atoms with E-state index in [2.05, 4.69) is 9.97 Å². The molecule has 0 atom stereocenters. The van der Waals surface area contributed by atoms with Crippen LogP contribution in [0.1, 0.15) is 12.7 Å². The lowest BCUT2D eigenvalue weighted by atomic mass is 10.3. The van der Waals surface area contributed by atoms with Crippen LogP contribution in [0.25, 0.3) is 5.57 Å². The van der Waals surface area contributed by atoms with E-state index in [1.54, 1.807) is 18.5 Å². The second kappa shape index (κ2) is 3.17. The van der Waals surface area contributed by atoms with Gasteiger partial charge >= 0.3 is 0 Å². The highest BCUT2D eigenvalue weighted by molar-refractivity contribution is 5.56. The van der Waals surface area contributed by atoms with Crippen LogP contribution in [0, 0.1) is 0 Å². The van der Waals surface area contributed by atoms with Crippen LogP contribution in [0.15, 0.2) is 18.5 Å². The number of nitrogens with one attached hydrogen (secondary N) is 1. The van der Waals surface area contributed by atoms with Gasteiger partial charge in [-0.15, -0.1) is 0 Å². The molecule has 1 aromatic heterocycles. The fourth-order valence-electron chi connectivity index (χ4n) is 0.715. The minimum atomic E-state index is 0.0620. The van der Waals surface area contributed by atoms with Crippen molar-refractivity contribution in [2.75, 3.05) is 6.61 Å². The lowest BCUT2D eigenvalue weighted by Crippen LogP contribution is -1.83. The maximum atomic E-state index is 8.52. The van der Waals surface area contributed by atoms with E-state index in [1.165, 1.54) is 0 Å². The van der Waals surface area contributed by atoms with Gasteiger partial charge in [-0.05, 0) is 12.5 Å². The van der Waals surface area contributed by atoms with Gasteiger partial charge in [-0.25, -0.2) is 4.98 Å². The van der Waals surface area contributed by atoms with Crippen LogP contribution >= 0.6 is 0 Å². The predicted molar refractivity (Wildman–Crippen MR) is 39.3 cm³/mol. The first-order valence-corrected chi connectivity index (χ1v) is 3.12. The molecule has 2 N–H and O–H groups in total. The highest BCUT2D eigenvalue weighted by atomic mass is 16.2. The van der Waals surface area contributed by atoms with Crippen molar-refractivity contribution in [3.8, 4) is 0 Å². The smallest absolute Gasteiger partial charge is 0.132 e. The molecular weight excluding hydrogens is 128 g/mol. The van der Waals surface area contributed by atoms with Gasteiger partial charge in [0.1, 0.15) is 5.82 Å². The lowest BCUT2D eigenvalue weighted by molar-refractivity contribution is 0.343. The Labute approximate surface area is 59.4 Å². The topological polar surface area (TPSA) is 48.9 Å². The van der Waals surface area contributed by atoms with Gasteiger partial charge in [0, 0.05) is 12.4 Å². The van der Waals surface area contributed by atoms with Gasteiger partial charge < -0.3 is 10.1 Å². The summed E-state index contributed by atoms with van der Waals surface area (Å²) in [5, 5.41) is 8.52. The van der Waals surface area contributed by atoms with E-state index in [0.29, 0.717) is 0 Å². The summed E-state index contributed by atoms with van der Waals surface area (Å²) in [6.07, 6.45) is 5.15. The van der Waals surface area contributed by atoms with Crippen molar-refractivity contribution in [1.29, 1.82) is 0 Å². The van der Waals surface area contributed by atoms with Crippen LogP contribution < -0.4 is 0 Å². The number of aromatic nitrogens is 2. The van der Waals surface area contributed by atoms with E-state index < -0.39 is 0 Å². The van der Waals surface area contributed by atoms with Gasteiger partial charge in [-0.1, -0.05) is 6.08 Å². The van der Waals surface area contributed by atoms with Crippen LogP contribution in [0.5, 0.6) is 0 Å². The van der Waals surface area contributed by atoms with Crippen LogP contribution in [-0.2, 0) is 0 Å². The second-order valence-electron chi connectivity index (χ2n) is 2.01. The van der Waals surface area contributed by atoms with Gasteiger partial charge in [0.05, 0.1) is 6.61 Å². The molecule has 0 amide bonds. The quantitative estimate of drug-likeness (QED) is 0.635. The first-order chi connectivity index (χ1) is 4.84. The second-order valence-corrected chi connectivity index (χ2v) is 2.01. The Kier molecular flexibility index (Phi) is 2.23. The SMILES string of the molecule is CC(=CCO)c1ncc[nH]1. The first kappa shape index (κ1) is 7.02. The fourth-order valence-corrected chi connectivity index (χ4v) is 0.715. The molecular formula is C7H10N2O. The van der Waals surface area contributed by atoms with Crippen molar-refractivity contribution in [3.63, 3.8) is 0 Å². The number of aliphatic hydroxyl groups is 1. The summed E-state index contributed by atoms with van der Waals surface area (Å²) in [7, 11) is 0. The van der Waals surface area contributed by atoms with Gasteiger partial charge in [-0.2, -0.15) is 0 Å². The molecule has 0 spiro atoms. The molecule has 0 aliphatic carbocycles. The Morgan fingerprint density at radius 1 is 1.90 bits per heavy atom. The average Bonchev–Trinajstić information content (AvgIpc) is 2.38. The van der Waals surface area contributed by atoms with Crippen LogP contribution in [0.3, 0.4) is 0 Å². The first-order valence-electron chi connectivity index (χ1n) is 3.12. The number of imidazole rings is 1. The summed E-state index contributed by atoms with van der Waals surface area (Å²) in [5.41, 5.74) is 0.965. The molecule has 0 saturated carbocycles. The number of allylic oxidation sites excluding steroid dienone is 1. The number of H-pyrrole nitrogens is 1. The van der Waals surface area contributed by atoms with Crippen LogP contribution in [0.2, 0.25) is 0 Å². The maximum Gasteiger partial charge on any atom is 0.132 e. The number of rotatable bonds is 2. The Morgan fingerprint density at radius 2 is 2.70 bits per heavy atom. The normalized spacial score (nSPS) is 12.0. The summed E-state index contributed by atoms with van der Waals surface area (Å²) >= 11 is 0. The number of nitrogens with zero attached hydrogens (tertiary/aromatic N) is 1. The van der Waals surface area contributed by atoms with E-state index in [0.717, 1.165) is 11.4 Å². The highest BCUT2D eigenvalue weighted by Gasteiger charge is 1.93. The zero-order chi connectivity index (χ0) is 7.40. The molecule has 1 aromatic rings. The third-order valence-corrected chi connectivity index (χ3v) is 1.27. The minimum Gasteiger partial charge on any atom is -0.392 e. The van der Waals surface area contributed by atoms with E-state index in [-0.39, 0.29) is 6.61 Å². The number of hydrogen-bond acceptors (Lipinski definition) is 2. The molecule has 54 valence electrons. The standard InChI is InChI=1S/C7H10N2O/c1-6(2-5-10)7-8-3-4-9-7/h2-4,10H,5H2,1H3,(H,8,9). The molecule has 0 aliphatic heterocycles. The Hall–Kier alpha value is -1.09. The molecule has 1 rings (SSSR count). The number of aromatic amines is 1. The van der Waals surface area contributed by atoms with Gasteiger partial charge in [0.15, 0.2) is 0 Å². The Bertz CT molecular complexity index is 214. The molecule has 3 heteroatoms. The molecule has 0 radical (unpaired) electrons. The van der Waals surface area contributed by atoms with Crippen molar-refractivity contribution >= 4 is 5.57 Å². The van der Waals surface area contributed by atoms with Crippen molar-refractivity contribution in [1.82, 2.24) is 9.97 Å². The molecule has 0 saturated heterocycles. The van der Waals surface area contributed by atoms with E-state index >= 15 is 0 Å². The van der Waals surface area contributed by atoms with E-state index in [4.69, 9.17) is 5.11 Å². The van der Waals surface area contributed by atoms with Gasteiger partial charge in [0.2, 0.25) is 0 Å². The molecule has 3 nitrogen and oxygen atoms in total. The lowest BCUT2D eigenvalue weighted by Gasteiger charge is -1.92. The van der Waals surface area contributed by atoms with Gasteiger partial charge in [-0.3, -0.25) is 0 Å².